The topological polar surface area (TPSA) is 21.3 Å². The van der Waals surface area contributed by atoms with Crippen molar-refractivity contribution in [2.45, 2.75) is 32.4 Å². The molecule has 2 unspecified atom stereocenters. The predicted octanol–water partition coefficient (Wildman–Crippen LogP) is 3.66. The van der Waals surface area contributed by atoms with Gasteiger partial charge < -0.3 is 10.1 Å². The molecule has 0 saturated heterocycles. The van der Waals surface area contributed by atoms with E-state index in [0.29, 0.717) is 6.04 Å². The van der Waals surface area contributed by atoms with Crippen LogP contribution >= 0.6 is 0 Å². The van der Waals surface area contributed by atoms with E-state index in [1.807, 2.05) is 0 Å². The lowest BCUT2D eigenvalue weighted by Crippen LogP contribution is -2.30. The van der Waals surface area contributed by atoms with Crippen LogP contribution in [0.4, 0.5) is 0 Å². The van der Waals surface area contributed by atoms with E-state index < -0.39 is 0 Å². The van der Waals surface area contributed by atoms with Crippen molar-refractivity contribution < 1.29 is 4.74 Å². The van der Waals surface area contributed by atoms with E-state index >= 15 is 0 Å². The Morgan fingerprint density at radius 3 is 2.72 bits per heavy atom. The fourth-order valence-electron chi connectivity index (χ4n) is 2.84. The molecule has 0 saturated carbocycles. The summed E-state index contributed by atoms with van der Waals surface area (Å²) in [7, 11) is 0. The highest BCUT2D eigenvalue weighted by molar-refractivity contribution is 5.90. The van der Waals surface area contributed by atoms with E-state index in [9.17, 15) is 0 Å². The Morgan fingerprint density at radius 2 is 1.94 bits per heavy atom. The van der Waals surface area contributed by atoms with Crippen LogP contribution < -0.4 is 10.1 Å². The van der Waals surface area contributed by atoms with Crippen molar-refractivity contribution in [3.63, 3.8) is 0 Å². The fraction of sp³-hybridized carbons (Fsp3) is 0.375. The Labute approximate surface area is 108 Å². The maximum absolute atomic E-state index is 6.17. The summed E-state index contributed by atoms with van der Waals surface area (Å²) in [5, 5.41) is 6.02. The molecule has 0 aromatic heterocycles. The van der Waals surface area contributed by atoms with Crippen LogP contribution in [0.25, 0.3) is 10.8 Å². The van der Waals surface area contributed by atoms with Gasteiger partial charge in [-0.3, -0.25) is 0 Å². The molecule has 0 radical (unpaired) electrons. The molecular weight excluding hydrogens is 222 g/mol. The number of nitrogens with one attached hydrogen (secondary N) is 1. The highest BCUT2D eigenvalue weighted by atomic mass is 16.5. The zero-order chi connectivity index (χ0) is 12.5. The van der Waals surface area contributed by atoms with E-state index in [2.05, 4.69) is 55.6 Å². The van der Waals surface area contributed by atoms with Crippen molar-refractivity contribution in [3.8, 4) is 5.75 Å². The fourth-order valence-corrected chi connectivity index (χ4v) is 2.84. The summed E-state index contributed by atoms with van der Waals surface area (Å²) < 4.78 is 6.17. The Kier molecular flexibility index (Phi) is 2.96. The van der Waals surface area contributed by atoms with Gasteiger partial charge in [-0.05, 0) is 18.4 Å². The third-order valence-corrected chi connectivity index (χ3v) is 3.71. The normalized spacial score (nSPS) is 21.9. The van der Waals surface area contributed by atoms with E-state index in [-0.39, 0.29) is 6.10 Å². The minimum atomic E-state index is 0.255. The first kappa shape index (κ1) is 11.5. The third-order valence-electron chi connectivity index (χ3n) is 3.71. The molecule has 2 aromatic carbocycles. The maximum Gasteiger partial charge on any atom is 0.132 e. The Hall–Kier alpha value is -1.54. The van der Waals surface area contributed by atoms with E-state index in [1.165, 1.54) is 16.3 Å². The molecule has 0 bridgehead atoms. The molecule has 3 rings (SSSR count). The van der Waals surface area contributed by atoms with Gasteiger partial charge in [-0.25, -0.2) is 0 Å². The molecule has 2 nitrogen and oxygen atoms in total. The summed E-state index contributed by atoms with van der Waals surface area (Å²) in [4.78, 5) is 0. The van der Waals surface area contributed by atoms with Crippen LogP contribution in [0, 0.1) is 0 Å². The second-order valence-corrected chi connectivity index (χ2v) is 4.80. The molecule has 1 N–H and O–H groups in total. The van der Waals surface area contributed by atoms with Gasteiger partial charge in [0.15, 0.2) is 0 Å². The lowest BCUT2D eigenvalue weighted by Gasteiger charge is -2.17. The van der Waals surface area contributed by atoms with Crippen LogP contribution in [-0.4, -0.2) is 12.6 Å². The second kappa shape index (κ2) is 4.62. The molecule has 0 fully saturated rings. The van der Waals surface area contributed by atoms with Gasteiger partial charge >= 0.3 is 0 Å². The zero-order valence-corrected chi connectivity index (χ0v) is 10.9. The molecule has 2 atom stereocenters. The number of hydrogen-bond acceptors (Lipinski definition) is 2. The number of benzene rings is 2. The van der Waals surface area contributed by atoms with Gasteiger partial charge in [0.25, 0.3) is 0 Å². The summed E-state index contributed by atoms with van der Waals surface area (Å²) in [6.07, 6.45) is 1.28. The number of hydrogen-bond donors (Lipinski definition) is 1. The molecule has 0 aliphatic carbocycles. The number of rotatable bonds is 3. The van der Waals surface area contributed by atoms with Crippen molar-refractivity contribution in [2.75, 3.05) is 6.54 Å². The highest BCUT2D eigenvalue weighted by Crippen LogP contribution is 2.42. The van der Waals surface area contributed by atoms with Crippen LogP contribution in [0.3, 0.4) is 0 Å². The number of likely N-dealkylation sites (N-methyl/N-ethyl adjacent to an activating group) is 1. The summed E-state index contributed by atoms with van der Waals surface area (Å²) in [6, 6.07) is 13.2. The monoisotopic (exact) mass is 241 g/mol. The molecule has 94 valence electrons. The molecule has 1 aliphatic heterocycles. The van der Waals surface area contributed by atoms with Gasteiger partial charge in [-0.1, -0.05) is 50.2 Å². The van der Waals surface area contributed by atoms with Gasteiger partial charge in [0.2, 0.25) is 0 Å². The first-order valence-corrected chi connectivity index (χ1v) is 6.76. The first-order chi connectivity index (χ1) is 8.85. The molecular formula is C16H19NO. The van der Waals surface area contributed by atoms with Gasteiger partial charge in [-0.15, -0.1) is 0 Å². The SMILES string of the molecule is CCNC1c2ccc3ccccc3c2OC1CC. The molecule has 0 amide bonds. The van der Waals surface area contributed by atoms with Gasteiger partial charge in [0.1, 0.15) is 11.9 Å². The van der Waals surface area contributed by atoms with Gasteiger partial charge in [-0.2, -0.15) is 0 Å². The number of fused-ring (bicyclic) bond motifs is 3. The Bertz CT molecular complexity index is 564. The quantitative estimate of drug-likeness (QED) is 0.885. The smallest absolute Gasteiger partial charge is 0.132 e. The molecule has 1 aliphatic rings. The van der Waals surface area contributed by atoms with Gasteiger partial charge in [0, 0.05) is 10.9 Å². The average molecular weight is 241 g/mol. The molecule has 0 spiro atoms. The summed E-state index contributed by atoms with van der Waals surface area (Å²) in [6.45, 7) is 5.30. The Morgan fingerprint density at radius 1 is 1.11 bits per heavy atom. The van der Waals surface area contributed by atoms with E-state index in [1.54, 1.807) is 0 Å². The maximum atomic E-state index is 6.17. The van der Waals surface area contributed by atoms with Crippen LogP contribution in [0.5, 0.6) is 5.75 Å². The average Bonchev–Trinajstić information content (AvgIpc) is 2.78. The largest absolute Gasteiger partial charge is 0.487 e. The molecule has 1 heterocycles. The van der Waals surface area contributed by atoms with Crippen molar-refractivity contribution in [1.29, 1.82) is 0 Å². The summed E-state index contributed by atoms with van der Waals surface area (Å²) in [5.74, 6) is 1.07. The van der Waals surface area contributed by atoms with Crippen LogP contribution in [0.1, 0.15) is 31.9 Å². The predicted molar refractivity (Wildman–Crippen MR) is 75.1 cm³/mol. The highest BCUT2D eigenvalue weighted by Gasteiger charge is 2.33. The summed E-state index contributed by atoms with van der Waals surface area (Å²) in [5.41, 5.74) is 1.31. The zero-order valence-electron chi connectivity index (χ0n) is 10.9. The van der Waals surface area contributed by atoms with Crippen LogP contribution in [0.2, 0.25) is 0 Å². The van der Waals surface area contributed by atoms with E-state index in [4.69, 9.17) is 4.74 Å². The van der Waals surface area contributed by atoms with Crippen LogP contribution in [-0.2, 0) is 0 Å². The second-order valence-electron chi connectivity index (χ2n) is 4.80. The summed E-state index contributed by atoms with van der Waals surface area (Å²) >= 11 is 0. The molecule has 2 heteroatoms. The standard InChI is InChI=1S/C16H19NO/c1-3-14-15(17-4-2)13-10-9-11-7-5-6-8-12(11)16(13)18-14/h5-10,14-15,17H,3-4H2,1-2H3. The third kappa shape index (κ3) is 1.68. The molecule has 18 heavy (non-hydrogen) atoms. The van der Waals surface area contributed by atoms with Gasteiger partial charge in [0.05, 0.1) is 6.04 Å². The van der Waals surface area contributed by atoms with Crippen LogP contribution in [0.15, 0.2) is 36.4 Å². The van der Waals surface area contributed by atoms with Crippen molar-refractivity contribution in [3.05, 3.63) is 42.0 Å². The number of ether oxygens (including phenoxy) is 1. The molecule has 2 aromatic rings. The van der Waals surface area contributed by atoms with Crippen molar-refractivity contribution in [1.82, 2.24) is 5.32 Å². The van der Waals surface area contributed by atoms with Crippen molar-refractivity contribution >= 4 is 10.8 Å². The lowest BCUT2D eigenvalue weighted by atomic mass is 9.99. The Balaban J connectivity index is 2.14. The van der Waals surface area contributed by atoms with E-state index in [0.717, 1.165) is 18.7 Å². The minimum Gasteiger partial charge on any atom is -0.487 e. The van der Waals surface area contributed by atoms with Crippen molar-refractivity contribution in [2.24, 2.45) is 0 Å². The first-order valence-electron chi connectivity index (χ1n) is 6.76. The minimum absolute atomic E-state index is 0.255. The lowest BCUT2D eigenvalue weighted by molar-refractivity contribution is 0.188.